The Kier molecular flexibility index (Phi) is 5.80. The second-order valence-corrected chi connectivity index (χ2v) is 10.2. The van der Waals surface area contributed by atoms with E-state index >= 15 is 0 Å². The normalized spacial score (nSPS) is 15.7. The van der Waals surface area contributed by atoms with E-state index in [1.807, 2.05) is 38.1 Å². The van der Waals surface area contributed by atoms with Gasteiger partial charge in [-0.2, -0.15) is 4.31 Å². The Morgan fingerprint density at radius 3 is 2.40 bits per heavy atom. The van der Waals surface area contributed by atoms with Crippen LogP contribution >= 0.6 is 0 Å². The molecule has 1 heterocycles. The van der Waals surface area contributed by atoms with Gasteiger partial charge in [-0.3, -0.25) is 4.79 Å². The van der Waals surface area contributed by atoms with Crippen molar-refractivity contribution in [2.24, 2.45) is 0 Å². The van der Waals surface area contributed by atoms with Gasteiger partial charge in [-0.15, -0.1) is 0 Å². The number of nitrogens with one attached hydrogen (secondary N) is 1. The molecule has 1 saturated carbocycles. The average Bonchev–Trinajstić information content (AvgIpc) is 2.74. The summed E-state index contributed by atoms with van der Waals surface area (Å²) in [4.78, 5) is 16.1. The molecule has 0 atom stereocenters. The Labute approximate surface area is 177 Å². The monoisotopic (exact) mass is 424 g/mol. The lowest BCUT2D eigenvalue weighted by Gasteiger charge is -2.33. The average molecular weight is 425 g/mol. The van der Waals surface area contributed by atoms with Crippen LogP contribution < -0.4 is 5.56 Å². The summed E-state index contributed by atoms with van der Waals surface area (Å²) < 4.78 is 28.6. The summed E-state index contributed by atoms with van der Waals surface area (Å²) in [7, 11) is -3.70. The molecule has 5 nitrogen and oxygen atoms in total. The quantitative estimate of drug-likeness (QED) is 0.647. The van der Waals surface area contributed by atoms with Crippen LogP contribution in [0.4, 0.5) is 0 Å². The Morgan fingerprint density at radius 1 is 1.00 bits per heavy atom. The van der Waals surface area contributed by atoms with E-state index in [9.17, 15) is 13.2 Å². The number of fused-ring (bicyclic) bond motifs is 1. The first kappa shape index (κ1) is 20.8. The molecule has 0 spiro atoms. The molecule has 30 heavy (non-hydrogen) atoms. The zero-order valence-electron chi connectivity index (χ0n) is 17.5. The van der Waals surface area contributed by atoms with Gasteiger partial charge in [-0.05, 0) is 61.9 Å². The van der Waals surface area contributed by atoms with Crippen molar-refractivity contribution in [3.05, 3.63) is 75.6 Å². The molecule has 1 fully saturated rings. The summed E-state index contributed by atoms with van der Waals surface area (Å²) in [6.45, 7) is 4.07. The van der Waals surface area contributed by atoms with E-state index in [0.717, 1.165) is 54.1 Å². The minimum atomic E-state index is -3.70. The molecule has 0 saturated heterocycles. The molecule has 1 N–H and O–H groups in total. The number of hydrogen-bond donors (Lipinski definition) is 1. The fourth-order valence-corrected chi connectivity index (χ4v) is 6.21. The van der Waals surface area contributed by atoms with Crippen molar-refractivity contribution in [2.75, 3.05) is 0 Å². The molecule has 3 aromatic rings. The molecule has 1 aromatic heterocycles. The number of H-pyrrole nitrogens is 1. The van der Waals surface area contributed by atoms with Crippen molar-refractivity contribution < 1.29 is 8.42 Å². The van der Waals surface area contributed by atoms with Gasteiger partial charge >= 0.3 is 0 Å². The van der Waals surface area contributed by atoms with Crippen molar-refractivity contribution in [1.82, 2.24) is 9.29 Å². The molecule has 1 aliphatic rings. The number of aromatic nitrogens is 1. The highest BCUT2D eigenvalue weighted by Gasteiger charge is 2.33. The maximum Gasteiger partial charge on any atom is 0.252 e. The highest BCUT2D eigenvalue weighted by Crippen LogP contribution is 2.29. The van der Waals surface area contributed by atoms with Crippen LogP contribution in [-0.2, 0) is 16.6 Å². The van der Waals surface area contributed by atoms with E-state index in [0.29, 0.717) is 5.56 Å². The second kappa shape index (κ2) is 8.36. The largest absolute Gasteiger partial charge is 0.321 e. The van der Waals surface area contributed by atoms with Crippen LogP contribution in [-0.4, -0.2) is 23.7 Å². The summed E-state index contributed by atoms with van der Waals surface area (Å²) in [5.74, 6) is 0. The van der Waals surface area contributed by atoms with Crippen molar-refractivity contribution >= 4 is 20.9 Å². The molecule has 1 aliphatic carbocycles. The lowest BCUT2D eigenvalue weighted by Crippen LogP contribution is -2.42. The summed E-state index contributed by atoms with van der Waals surface area (Å²) in [5, 5.41) is 0.933. The predicted molar refractivity (Wildman–Crippen MR) is 120 cm³/mol. The first-order chi connectivity index (χ1) is 14.4. The third-order valence-corrected chi connectivity index (χ3v) is 7.94. The van der Waals surface area contributed by atoms with E-state index in [2.05, 4.69) is 4.98 Å². The number of aryl methyl sites for hydroxylation is 2. The molecule has 0 radical (unpaired) electrons. The van der Waals surface area contributed by atoms with Crippen molar-refractivity contribution in [3.63, 3.8) is 0 Å². The van der Waals surface area contributed by atoms with Gasteiger partial charge < -0.3 is 4.98 Å². The zero-order valence-corrected chi connectivity index (χ0v) is 18.3. The molecule has 0 amide bonds. The fraction of sp³-hybridized carbons (Fsp3) is 0.375. The maximum atomic E-state index is 13.5. The standard InChI is InChI=1S/C24H28N2O3S/c1-17-13-18(2)23-19(14-17)15-20(24(27)25-23)16-26(21-9-5-3-6-10-21)30(28,29)22-11-7-4-8-12-22/h4,7-8,11-15,21H,3,5-6,9-10,16H2,1-2H3,(H,25,27). The minimum Gasteiger partial charge on any atom is -0.321 e. The molecule has 0 unspecified atom stereocenters. The number of benzene rings is 2. The van der Waals surface area contributed by atoms with Gasteiger partial charge in [-0.25, -0.2) is 8.42 Å². The van der Waals surface area contributed by atoms with Gasteiger partial charge in [0, 0.05) is 18.2 Å². The summed E-state index contributed by atoms with van der Waals surface area (Å²) in [5.41, 5.74) is 3.19. The van der Waals surface area contributed by atoms with E-state index in [1.54, 1.807) is 28.6 Å². The first-order valence-corrected chi connectivity index (χ1v) is 12.0. The maximum absolute atomic E-state index is 13.5. The SMILES string of the molecule is Cc1cc(C)c2[nH]c(=O)c(CN(C3CCCCC3)S(=O)(=O)c3ccccc3)cc2c1. The fourth-order valence-electron chi connectivity index (χ4n) is 4.52. The van der Waals surface area contributed by atoms with Crippen LogP contribution in [0.5, 0.6) is 0 Å². The first-order valence-electron chi connectivity index (χ1n) is 10.6. The van der Waals surface area contributed by atoms with Gasteiger partial charge in [0.25, 0.3) is 5.56 Å². The third-order valence-electron chi connectivity index (χ3n) is 6.03. The summed E-state index contributed by atoms with van der Waals surface area (Å²) in [6.07, 6.45) is 4.81. The Bertz CT molecular complexity index is 1210. The van der Waals surface area contributed by atoms with Crippen LogP contribution in [0, 0.1) is 13.8 Å². The smallest absolute Gasteiger partial charge is 0.252 e. The van der Waals surface area contributed by atoms with Crippen LogP contribution in [0.2, 0.25) is 0 Å². The van der Waals surface area contributed by atoms with E-state index in [4.69, 9.17) is 0 Å². The highest BCUT2D eigenvalue weighted by molar-refractivity contribution is 7.89. The Morgan fingerprint density at radius 2 is 1.70 bits per heavy atom. The van der Waals surface area contributed by atoms with Gasteiger partial charge in [0.05, 0.1) is 10.4 Å². The third kappa shape index (κ3) is 4.07. The molecule has 0 aliphatic heterocycles. The lowest BCUT2D eigenvalue weighted by atomic mass is 9.95. The number of sulfonamides is 1. The lowest BCUT2D eigenvalue weighted by molar-refractivity contribution is 0.247. The van der Waals surface area contributed by atoms with Crippen molar-refractivity contribution in [2.45, 2.75) is 63.4 Å². The van der Waals surface area contributed by atoms with Crippen LogP contribution in [0.15, 0.2) is 58.2 Å². The summed E-state index contributed by atoms with van der Waals surface area (Å²) >= 11 is 0. The van der Waals surface area contributed by atoms with Crippen molar-refractivity contribution in [1.29, 1.82) is 0 Å². The van der Waals surface area contributed by atoms with E-state index in [1.165, 1.54) is 0 Å². The highest BCUT2D eigenvalue weighted by atomic mass is 32.2. The molecule has 2 aromatic carbocycles. The van der Waals surface area contributed by atoms with E-state index in [-0.39, 0.29) is 23.0 Å². The second-order valence-electron chi connectivity index (χ2n) is 8.32. The van der Waals surface area contributed by atoms with E-state index < -0.39 is 10.0 Å². The topological polar surface area (TPSA) is 70.2 Å². The molecule has 158 valence electrons. The minimum absolute atomic E-state index is 0.0835. The van der Waals surface area contributed by atoms with Gasteiger partial charge in [-0.1, -0.05) is 49.1 Å². The molecule has 6 heteroatoms. The number of pyridine rings is 1. The molecular formula is C24H28N2O3S. The molecule has 4 rings (SSSR count). The van der Waals surface area contributed by atoms with Crippen LogP contribution in [0.1, 0.15) is 48.8 Å². The van der Waals surface area contributed by atoms with Gasteiger partial charge in [0.2, 0.25) is 10.0 Å². The molecule has 0 bridgehead atoms. The Balaban J connectivity index is 1.79. The van der Waals surface area contributed by atoms with Gasteiger partial charge in [0.1, 0.15) is 0 Å². The van der Waals surface area contributed by atoms with Crippen LogP contribution in [0.3, 0.4) is 0 Å². The van der Waals surface area contributed by atoms with Crippen LogP contribution in [0.25, 0.3) is 10.9 Å². The summed E-state index contributed by atoms with van der Waals surface area (Å²) in [6, 6.07) is 14.4. The number of aromatic amines is 1. The molecular weight excluding hydrogens is 396 g/mol. The predicted octanol–water partition coefficient (Wildman–Crippen LogP) is 4.67. The Hall–Kier alpha value is -2.44. The van der Waals surface area contributed by atoms with Crippen molar-refractivity contribution in [3.8, 4) is 0 Å². The number of rotatable bonds is 5. The van der Waals surface area contributed by atoms with Gasteiger partial charge in [0.15, 0.2) is 0 Å². The zero-order chi connectivity index (χ0) is 21.3. The number of hydrogen-bond acceptors (Lipinski definition) is 3. The number of nitrogens with zero attached hydrogens (tertiary/aromatic N) is 1.